The molecule has 2 fully saturated rings. The quantitative estimate of drug-likeness (QED) is 0.809. The number of amides is 1. The van der Waals surface area contributed by atoms with Crippen LogP contribution in [0.2, 0.25) is 0 Å². The Morgan fingerprint density at radius 2 is 2.00 bits per heavy atom. The Kier molecular flexibility index (Phi) is 7.91. The van der Waals surface area contributed by atoms with E-state index in [1.165, 1.54) is 0 Å². The average Bonchev–Trinajstić information content (AvgIpc) is 3.34. The van der Waals surface area contributed by atoms with Crippen LogP contribution in [0.3, 0.4) is 0 Å². The second-order valence-electron chi connectivity index (χ2n) is 7.08. The van der Waals surface area contributed by atoms with Crippen molar-refractivity contribution in [1.82, 2.24) is 10.2 Å². The number of nitrogens with zero attached hydrogens (tertiary/aromatic N) is 3. The minimum Gasteiger partial charge on any atom is -0.493 e. The van der Waals surface area contributed by atoms with Gasteiger partial charge in [0, 0.05) is 12.6 Å². The molecule has 0 aromatic heterocycles. The molecule has 1 heterocycles. The highest BCUT2D eigenvalue weighted by Crippen LogP contribution is 2.26. The van der Waals surface area contributed by atoms with Crippen LogP contribution in [0.1, 0.15) is 37.7 Å². The van der Waals surface area contributed by atoms with Gasteiger partial charge >= 0.3 is 0 Å². The Bertz CT molecular complexity index is 710. The second kappa shape index (κ2) is 10.2. The third-order valence-corrected chi connectivity index (χ3v) is 5.27. The van der Waals surface area contributed by atoms with Gasteiger partial charge in [-0.3, -0.25) is 4.79 Å². The van der Waals surface area contributed by atoms with Crippen molar-refractivity contribution in [2.45, 2.75) is 44.2 Å². The fourth-order valence-corrected chi connectivity index (χ4v) is 3.78. The van der Waals surface area contributed by atoms with Crippen LogP contribution in [-0.4, -0.2) is 42.6 Å². The SMILES string of the molecule is Cl.N#Cc1ccc(OC[C@H]2CC[C@@H](NCC(=O)N3CCC[C@H]3C#N)C2)cc1. The molecule has 3 rings (SSSR count). The number of carbonyl (C=O) groups excluding carboxylic acids is 1. The maximum absolute atomic E-state index is 12.3. The summed E-state index contributed by atoms with van der Waals surface area (Å²) in [6.07, 6.45) is 4.82. The number of rotatable bonds is 6. The van der Waals surface area contributed by atoms with Gasteiger partial charge in [-0.25, -0.2) is 0 Å². The number of carbonyl (C=O) groups is 1. The van der Waals surface area contributed by atoms with Gasteiger partial charge in [-0.15, -0.1) is 12.4 Å². The molecule has 1 aromatic rings. The lowest BCUT2D eigenvalue weighted by atomic mass is 10.1. The average molecular weight is 389 g/mol. The molecule has 1 saturated carbocycles. The van der Waals surface area contributed by atoms with Crippen molar-refractivity contribution in [2.24, 2.45) is 5.92 Å². The number of likely N-dealkylation sites (tertiary alicyclic amines) is 1. The smallest absolute Gasteiger partial charge is 0.237 e. The van der Waals surface area contributed by atoms with Gasteiger partial charge < -0.3 is 15.0 Å². The number of benzene rings is 1. The minimum absolute atomic E-state index is 0. The summed E-state index contributed by atoms with van der Waals surface area (Å²) in [5, 5.41) is 21.2. The van der Waals surface area contributed by atoms with E-state index in [2.05, 4.69) is 17.5 Å². The zero-order chi connectivity index (χ0) is 18.4. The highest BCUT2D eigenvalue weighted by atomic mass is 35.5. The van der Waals surface area contributed by atoms with Crippen LogP contribution in [-0.2, 0) is 4.79 Å². The maximum Gasteiger partial charge on any atom is 0.237 e. The lowest BCUT2D eigenvalue weighted by molar-refractivity contribution is -0.130. The van der Waals surface area contributed by atoms with E-state index in [1.54, 1.807) is 17.0 Å². The van der Waals surface area contributed by atoms with Gasteiger partial charge in [0.05, 0.1) is 30.9 Å². The zero-order valence-electron chi connectivity index (χ0n) is 15.3. The predicted molar refractivity (Wildman–Crippen MR) is 103 cm³/mol. The predicted octanol–water partition coefficient (Wildman–Crippen LogP) is 2.63. The van der Waals surface area contributed by atoms with E-state index in [0.717, 1.165) is 37.9 Å². The summed E-state index contributed by atoms with van der Waals surface area (Å²) >= 11 is 0. The highest BCUT2D eigenvalue weighted by molar-refractivity contribution is 5.85. The molecule has 1 saturated heterocycles. The van der Waals surface area contributed by atoms with Crippen LogP contribution >= 0.6 is 12.4 Å². The summed E-state index contributed by atoms with van der Waals surface area (Å²) in [5.74, 6) is 1.29. The van der Waals surface area contributed by atoms with Gasteiger partial charge in [0.15, 0.2) is 0 Å². The Balaban J connectivity index is 0.00000261. The van der Waals surface area contributed by atoms with Crippen molar-refractivity contribution >= 4 is 18.3 Å². The fraction of sp³-hybridized carbons (Fsp3) is 0.550. The number of nitrogens with one attached hydrogen (secondary N) is 1. The van der Waals surface area contributed by atoms with Crippen molar-refractivity contribution in [2.75, 3.05) is 19.7 Å². The summed E-state index contributed by atoms with van der Waals surface area (Å²) < 4.78 is 5.82. The number of nitriles is 2. The first kappa shape index (κ1) is 21.0. The Morgan fingerprint density at radius 1 is 1.22 bits per heavy atom. The molecule has 0 radical (unpaired) electrons. The number of hydrogen-bond donors (Lipinski definition) is 1. The van der Waals surface area contributed by atoms with Crippen LogP contribution in [0.5, 0.6) is 5.75 Å². The first-order chi connectivity index (χ1) is 12.7. The molecule has 1 aromatic carbocycles. The number of hydrogen-bond acceptors (Lipinski definition) is 5. The third kappa shape index (κ3) is 5.60. The Morgan fingerprint density at radius 3 is 2.70 bits per heavy atom. The topological polar surface area (TPSA) is 89.2 Å². The van der Waals surface area contributed by atoms with E-state index in [4.69, 9.17) is 15.3 Å². The van der Waals surface area contributed by atoms with Crippen molar-refractivity contribution < 1.29 is 9.53 Å². The molecule has 1 N–H and O–H groups in total. The first-order valence-corrected chi connectivity index (χ1v) is 9.25. The molecule has 3 atom stereocenters. The van der Waals surface area contributed by atoms with E-state index in [1.807, 2.05) is 12.1 Å². The van der Waals surface area contributed by atoms with E-state index in [9.17, 15) is 4.79 Å². The molecule has 1 aliphatic carbocycles. The molecular weight excluding hydrogens is 364 g/mol. The molecular formula is C20H25ClN4O2. The molecule has 0 unspecified atom stereocenters. The summed E-state index contributed by atoms with van der Waals surface area (Å²) in [7, 11) is 0. The van der Waals surface area contributed by atoms with Crippen molar-refractivity contribution in [3.63, 3.8) is 0 Å². The van der Waals surface area contributed by atoms with Crippen LogP contribution < -0.4 is 10.1 Å². The zero-order valence-corrected chi connectivity index (χ0v) is 16.1. The van der Waals surface area contributed by atoms with Gasteiger partial charge in [0.1, 0.15) is 11.8 Å². The van der Waals surface area contributed by atoms with Gasteiger partial charge in [-0.1, -0.05) is 0 Å². The fourth-order valence-electron chi connectivity index (χ4n) is 3.78. The van der Waals surface area contributed by atoms with E-state index in [0.29, 0.717) is 37.2 Å². The molecule has 0 bridgehead atoms. The van der Waals surface area contributed by atoms with Crippen LogP contribution in [0.4, 0.5) is 0 Å². The van der Waals surface area contributed by atoms with Gasteiger partial charge in [-0.05, 0) is 62.3 Å². The van der Waals surface area contributed by atoms with Crippen molar-refractivity contribution in [3.05, 3.63) is 29.8 Å². The Hall–Kier alpha value is -2.28. The van der Waals surface area contributed by atoms with Crippen LogP contribution in [0.25, 0.3) is 0 Å². The molecule has 144 valence electrons. The van der Waals surface area contributed by atoms with Gasteiger partial charge in [0.2, 0.25) is 5.91 Å². The summed E-state index contributed by atoms with van der Waals surface area (Å²) in [4.78, 5) is 14.0. The highest BCUT2D eigenvalue weighted by Gasteiger charge is 2.30. The summed E-state index contributed by atoms with van der Waals surface area (Å²) in [5.41, 5.74) is 0.629. The van der Waals surface area contributed by atoms with E-state index in [-0.39, 0.29) is 24.4 Å². The molecule has 27 heavy (non-hydrogen) atoms. The van der Waals surface area contributed by atoms with Crippen LogP contribution in [0, 0.1) is 28.6 Å². The molecule has 1 aliphatic heterocycles. The normalized spacial score (nSPS) is 23.9. The largest absolute Gasteiger partial charge is 0.493 e. The lowest BCUT2D eigenvalue weighted by Gasteiger charge is -2.21. The molecule has 7 heteroatoms. The van der Waals surface area contributed by atoms with Crippen molar-refractivity contribution in [3.8, 4) is 17.9 Å². The number of ether oxygens (including phenoxy) is 1. The molecule has 0 spiro atoms. The monoisotopic (exact) mass is 388 g/mol. The standard InChI is InChI=1S/C20H24N4O2.ClH/c21-11-15-4-7-19(8-5-15)26-14-16-3-6-17(10-16)23-13-20(25)24-9-1-2-18(24)12-22;/h4-5,7-8,16-18,23H,1-3,6,9-10,13-14H2;1H/t16-,17+,18-;/m0./s1. The first-order valence-electron chi connectivity index (χ1n) is 9.25. The van der Waals surface area contributed by atoms with Crippen LogP contribution in [0.15, 0.2) is 24.3 Å². The molecule has 1 amide bonds. The van der Waals surface area contributed by atoms with Gasteiger partial charge in [-0.2, -0.15) is 10.5 Å². The van der Waals surface area contributed by atoms with Crippen molar-refractivity contribution in [1.29, 1.82) is 10.5 Å². The molecule has 2 aliphatic rings. The summed E-state index contributed by atoms with van der Waals surface area (Å²) in [6.45, 7) is 1.66. The van der Waals surface area contributed by atoms with E-state index < -0.39 is 0 Å². The number of halogens is 1. The second-order valence-corrected chi connectivity index (χ2v) is 7.08. The minimum atomic E-state index is -0.249. The molecule has 6 nitrogen and oxygen atoms in total. The lowest BCUT2D eigenvalue weighted by Crippen LogP contribution is -2.42. The van der Waals surface area contributed by atoms with E-state index >= 15 is 0 Å². The van der Waals surface area contributed by atoms with Gasteiger partial charge in [0.25, 0.3) is 0 Å². The third-order valence-electron chi connectivity index (χ3n) is 5.27. The maximum atomic E-state index is 12.3. The summed E-state index contributed by atoms with van der Waals surface area (Å²) in [6, 6.07) is 11.5. The Labute approximate surface area is 166 Å².